The number of hydrogen-bond donors (Lipinski definition) is 4. The summed E-state index contributed by atoms with van der Waals surface area (Å²) in [5.41, 5.74) is 0.953. The third-order valence-corrected chi connectivity index (χ3v) is 5.72. The minimum atomic E-state index is -4.87. The smallest absolute Gasteiger partial charge is 0.505 e. The third kappa shape index (κ3) is 6.14. The number of aromatic nitrogens is 1. The normalized spacial score (nSPS) is 13.2. The lowest BCUT2D eigenvalue weighted by Crippen LogP contribution is -2.39. The van der Waals surface area contributed by atoms with E-state index < -0.39 is 35.3 Å². The van der Waals surface area contributed by atoms with Crippen molar-refractivity contribution in [2.45, 2.75) is 25.9 Å². The first-order valence-corrected chi connectivity index (χ1v) is 11.4. The minimum Gasteiger partial charge on any atom is -0.505 e. The molecule has 0 spiro atoms. The molecular formula is C26H22F3N3O6. The van der Waals surface area contributed by atoms with Crippen molar-refractivity contribution in [2.24, 2.45) is 0 Å². The van der Waals surface area contributed by atoms with Crippen LogP contribution in [0.5, 0.6) is 5.75 Å². The Balaban J connectivity index is 1.72. The highest BCUT2D eigenvalue weighted by atomic mass is 19.4. The molecule has 0 aliphatic carbocycles. The molecule has 3 aromatic rings. The molecule has 0 bridgehead atoms. The molecule has 0 atom stereocenters. The number of carbonyl (C=O) groups excluding carboxylic acids is 1. The summed E-state index contributed by atoms with van der Waals surface area (Å²) in [6, 6.07) is 15.1. The fourth-order valence-corrected chi connectivity index (χ4v) is 4.06. The second-order valence-electron chi connectivity index (χ2n) is 8.42. The van der Waals surface area contributed by atoms with Crippen molar-refractivity contribution in [3.05, 3.63) is 93.5 Å². The third-order valence-electron chi connectivity index (χ3n) is 5.72. The second kappa shape index (κ2) is 10.7. The molecular weight excluding hydrogens is 507 g/mol. The number of aliphatic hydroxyl groups is 1. The fourth-order valence-electron chi connectivity index (χ4n) is 4.06. The van der Waals surface area contributed by atoms with Gasteiger partial charge in [-0.15, -0.1) is 13.2 Å². The Bertz CT molecular complexity index is 1430. The number of hydrogen-bond acceptors (Lipinski definition) is 6. The van der Waals surface area contributed by atoms with E-state index in [-0.39, 0.29) is 48.4 Å². The monoisotopic (exact) mass is 529 g/mol. The number of amides is 1. The number of fused-ring (bicyclic) bond motifs is 1. The topological polar surface area (TPSA) is 132 Å². The molecule has 0 saturated heterocycles. The highest BCUT2D eigenvalue weighted by Crippen LogP contribution is 2.33. The molecule has 1 aromatic heterocycles. The van der Waals surface area contributed by atoms with Gasteiger partial charge in [0.2, 0.25) is 0 Å². The van der Waals surface area contributed by atoms with Gasteiger partial charge in [-0.05, 0) is 29.3 Å². The maximum absolute atomic E-state index is 13.0. The molecule has 12 heteroatoms. The van der Waals surface area contributed by atoms with Gasteiger partial charge in [0.1, 0.15) is 11.4 Å². The van der Waals surface area contributed by atoms with Gasteiger partial charge in [0, 0.05) is 29.9 Å². The molecule has 1 amide bonds. The van der Waals surface area contributed by atoms with Crippen LogP contribution in [-0.4, -0.2) is 44.9 Å². The predicted octanol–water partition coefficient (Wildman–Crippen LogP) is 3.77. The molecule has 198 valence electrons. The number of carbonyl (C=O) groups is 2. The second-order valence-corrected chi connectivity index (χ2v) is 8.42. The van der Waals surface area contributed by atoms with Crippen molar-refractivity contribution in [1.29, 1.82) is 0 Å². The Hall–Kier alpha value is -4.74. The van der Waals surface area contributed by atoms with Crippen LogP contribution in [0.4, 0.5) is 13.2 Å². The van der Waals surface area contributed by atoms with Crippen molar-refractivity contribution in [3.8, 4) is 16.9 Å². The first-order valence-electron chi connectivity index (χ1n) is 11.4. The minimum absolute atomic E-state index is 0.0455. The van der Waals surface area contributed by atoms with Crippen molar-refractivity contribution in [3.63, 3.8) is 0 Å². The first kappa shape index (κ1) is 26.3. The number of aromatic amines is 1. The van der Waals surface area contributed by atoms with E-state index >= 15 is 0 Å². The quantitative estimate of drug-likeness (QED) is 0.349. The Labute approximate surface area is 213 Å². The average molecular weight is 529 g/mol. The molecule has 2 aromatic carbocycles. The summed E-state index contributed by atoms with van der Waals surface area (Å²) in [6.45, 7) is 0.0839. The Morgan fingerprint density at radius 3 is 2.37 bits per heavy atom. The Morgan fingerprint density at radius 1 is 1.05 bits per heavy atom. The van der Waals surface area contributed by atoms with Gasteiger partial charge >= 0.3 is 12.3 Å². The van der Waals surface area contributed by atoms with Gasteiger partial charge in [-0.1, -0.05) is 42.5 Å². The molecule has 0 radical (unpaired) electrons. The highest BCUT2D eigenvalue weighted by molar-refractivity contribution is 6.00. The molecule has 1 aliphatic rings. The van der Waals surface area contributed by atoms with Crippen LogP contribution in [-0.2, 0) is 22.7 Å². The average Bonchev–Trinajstić information content (AvgIpc) is 2.84. The number of carboxylic acids is 1. The van der Waals surface area contributed by atoms with E-state index in [4.69, 9.17) is 5.11 Å². The van der Waals surface area contributed by atoms with E-state index in [1.165, 1.54) is 18.2 Å². The number of aliphatic carboxylic acids is 1. The van der Waals surface area contributed by atoms with Crippen LogP contribution in [0.2, 0.25) is 0 Å². The molecule has 4 rings (SSSR count). The maximum atomic E-state index is 13.0. The number of benzene rings is 2. The van der Waals surface area contributed by atoms with Crippen LogP contribution in [0.1, 0.15) is 23.2 Å². The lowest BCUT2D eigenvalue weighted by Gasteiger charge is -2.32. The zero-order valence-electron chi connectivity index (χ0n) is 19.7. The molecule has 4 N–H and O–H groups in total. The van der Waals surface area contributed by atoms with Crippen LogP contribution in [0.3, 0.4) is 0 Å². The largest absolute Gasteiger partial charge is 0.573 e. The van der Waals surface area contributed by atoms with Crippen LogP contribution in [0.15, 0.2) is 71.2 Å². The van der Waals surface area contributed by atoms with E-state index in [9.17, 15) is 32.7 Å². The van der Waals surface area contributed by atoms with E-state index in [0.717, 1.165) is 17.7 Å². The predicted molar refractivity (Wildman–Crippen MR) is 130 cm³/mol. The number of carboxylic acid groups (broad SMARTS) is 1. The Morgan fingerprint density at radius 2 is 1.74 bits per heavy atom. The van der Waals surface area contributed by atoms with Crippen molar-refractivity contribution in [2.75, 3.05) is 6.54 Å². The van der Waals surface area contributed by atoms with Gasteiger partial charge in [-0.3, -0.25) is 14.4 Å². The zero-order valence-corrected chi connectivity index (χ0v) is 19.7. The highest BCUT2D eigenvalue weighted by Gasteiger charge is 2.32. The molecule has 0 unspecified atom stereocenters. The van der Waals surface area contributed by atoms with Gasteiger partial charge in [-0.25, -0.2) is 0 Å². The summed E-state index contributed by atoms with van der Waals surface area (Å²) in [4.78, 5) is 41.0. The summed E-state index contributed by atoms with van der Waals surface area (Å²) >= 11 is 0. The number of aliphatic hydroxyl groups excluding tert-OH is 1. The van der Waals surface area contributed by atoms with Gasteiger partial charge in [0.05, 0.1) is 13.0 Å². The first-order chi connectivity index (χ1) is 18.0. The van der Waals surface area contributed by atoms with E-state index in [1.807, 2.05) is 30.3 Å². The van der Waals surface area contributed by atoms with Crippen LogP contribution < -0.4 is 15.6 Å². The summed E-state index contributed by atoms with van der Waals surface area (Å²) < 4.78 is 41.3. The molecule has 38 heavy (non-hydrogen) atoms. The van der Waals surface area contributed by atoms with Gasteiger partial charge in [0.15, 0.2) is 5.76 Å². The standard InChI is InChI=1S/C26H22F3N3O6/c27-26(28,29)38-17-8-6-16(7-9-17)18-12-19-20(31-24(18)36)14-32(13-15-4-2-1-3-5-15)22(23(19)35)25(37)30-11-10-21(33)34/h1-9,12,35H,10-11,13-14H2,(H,30,37)(H,31,36)(H,33,34). The van der Waals surface area contributed by atoms with Crippen molar-refractivity contribution >= 4 is 17.6 Å². The van der Waals surface area contributed by atoms with Crippen LogP contribution in [0.25, 0.3) is 16.9 Å². The van der Waals surface area contributed by atoms with E-state index in [0.29, 0.717) is 5.69 Å². The summed E-state index contributed by atoms with van der Waals surface area (Å²) in [6.07, 6.45) is -5.19. The molecule has 0 saturated carbocycles. The number of nitrogens with zero attached hydrogens (tertiary/aromatic N) is 1. The van der Waals surface area contributed by atoms with Crippen molar-refractivity contribution in [1.82, 2.24) is 15.2 Å². The number of rotatable bonds is 8. The fraction of sp³-hybridized carbons (Fsp3) is 0.192. The zero-order chi connectivity index (χ0) is 27.4. The molecule has 2 heterocycles. The molecule has 1 aliphatic heterocycles. The number of ether oxygens (including phenoxy) is 1. The van der Waals surface area contributed by atoms with Gasteiger partial charge in [0.25, 0.3) is 11.5 Å². The number of halogens is 3. The van der Waals surface area contributed by atoms with Crippen LogP contribution >= 0.6 is 0 Å². The van der Waals surface area contributed by atoms with Gasteiger partial charge < -0.3 is 30.2 Å². The number of H-pyrrole nitrogens is 1. The van der Waals surface area contributed by atoms with E-state index in [1.54, 1.807) is 4.90 Å². The number of nitrogens with one attached hydrogen (secondary N) is 2. The maximum Gasteiger partial charge on any atom is 0.573 e. The number of alkyl halides is 3. The van der Waals surface area contributed by atoms with Crippen molar-refractivity contribution < 1.29 is 37.7 Å². The SMILES string of the molecule is O=C(O)CCNC(=O)C1=C(O)c2cc(-c3ccc(OC(F)(F)F)cc3)c(=O)[nH]c2CN1Cc1ccccc1. The molecule has 0 fully saturated rings. The Kier molecular flexibility index (Phi) is 7.42. The van der Waals surface area contributed by atoms with E-state index in [2.05, 4.69) is 15.0 Å². The summed E-state index contributed by atoms with van der Waals surface area (Å²) in [5.74, 6) is -2.71. The van der Waals surface area contributed by atoms with Crippen LogP contribution in [0, 0.1) is 0 Å². The number of pyridine rings is 1. The molecule has 9 nitrogen and oxygen atoms in total. The summed E-state index contributed by atoms with van der Waals surface area (Å²) in [7, 11) is 0. The lowest BCUT2D eigenvalue weighted by molar-refractivity contribution is -0.274. The lowest BCUT2D eigenvalue weighted by atomic mass is 9.98. The summed E-state index contributed by atoms with van der Waals surface area (Å²) in [5, 5.41) is 22.5. The van der Waals surface area contributed by atoms with Gasteiger partial charge in [-0.2, -0.15) is 0 Å².